The monoisotopic (exact) mass is 427 g/mol. The van der Waals surface area contributed by atoms with Crippen LogP contribution in [0, 0.1) is 5.92 Å². The van der Waals surface area contributed by atoms with E-state index >= 15 is 0 Å². The molecule has 0 bridgehead atoms. The second-order valence-corrected chi connectivity index (χ2v) is 9.33. The summed E-state index contributed by atoms with van der Waals surface area (Å²) in [6.45, 7) is 5.46. The van der Waals surface area contributed by atoms with Crippen molar-refractivity contribution in [1.29, 1.82) is 0 Å². The number of hydrogen-bond donors (Lipinski definition) is 2. The average Bonchev–Trinajstić information content (AvgIpc) is 2.68. The smallest absolute Gasteiger partial charge is 0.356 e. The summed E-state index contributed by atoms with van der Waals surface area (Å²) in [5, 5.41) is 6.56. The van der Waals surface area contributed by atoms with Crippen molar-refractivity contribution in [2.24, 2.45) is 10.9 Å². The summed E-state index contributed by atoms with van der Waals surface area (Å²) in [5.74, 6) is 0.784. The second kappa shape index (κ2) is 10.1. The third-order valence-electron chi connectivity index (χ3n) is 5.65. The van der Waals surface area contributed by atoms with Crippen molar-refractivity contribution in [3.8, 4) is 0 Å². The molecule has 2 rings (SSSR count). The number of sulfonamides is 1. The minimum absolute atomic E-state index is 0.103. The molecule has 1 atom stereocenters. The van der Waals surface area contributed by atoms with Crippen LogP contribution in [0.5, 0.6) is 0 Å². The average molecular weight is 428 g/mol. The second-order valence-electron chi connectivity index (χ2n) is 7.41. The van der Waals surface area contributed by atoms with Crippen molar-refractivity contribution in [3.63, 3.8) is 0 Å². The van der Waals surface area contributed by atoms with Gasteiger partial charge in [0.25, 0.3) is 0 Å². The van der Waals surface area contributed by atoms with Gasteiger partial charge in [0, 0.05) is 39.3 Å². The van der Waals surface area contributed by atoms with Crippen LogP contribution >= 0.6 is 0 Å². The Morgan fingerprint density at radius 3 is 2.29 bits per heavy atom. The number of piperidine rings is 2. The molecule has 2 saturated heterocycles. The quantitative estimate of drug-likeness (QED) is 0.497. The first-order chi connectivity index (χ1) is 13.2. The number of nitrogens with one attached hydrogen (secondary N) is 2. The molecule has 2 aliphatic heterocycles. The number of likely N-dealkylation sites (N-methyl/N-ethyl adjacent to an activating group) is 1. The number of hydrogen-bond acceptors (Lipinski definition) is 4. The molecule has 164 valence electrons. The Morgan fingerprint density at radius 1 is 1.07 bits per heavy atom. The van der Waals surface area contributed by atoms with Crippen LogP contribution in [0.4, 0.5) is 13.2 Å². The maximum absolute atomic E-state index is 12.6. The summed E-state index contributed by atoms with van der Waals surface area (Å²) >= 11 is 0. The molecule has 2 N–H and O–H groups in total. The van der Waals surface area contributed by atoms with Crippen molar-refractivity contribution >= 4 is 16.0 Å². The Morgan fingerprint density at radius 2 is 1.71 bits per heavy atom. The van der Waals surface area contributed by atoms with E-state index in [1.165, 1.54) is 12.8 Å². The number of guanidine groups is 1. The van der Waals surface area contributed by atoms with Gasteiger partial charge < -0.3 is 10.6 Å². The summed E-state index contributed by atoms with van der Waals surface area (Å²) in [5.41, 5.74) is -5.23. The number of nitrogens with zero attached hydrogens (tertiary/aromatic N) is 3. The topological polar surface area (TPSA) is 77.0 Å². The molecule has 28 heavy (non-hydrogen) atoms. The number of likely N-dealkylation sites (tertiary alicyclic amines) is 1. The van der Waals surface area contributed by atoms with Gasteiger partial charge in [0.05, 0.1) is 0 Å². The van der Waals surface area contributed by atoms with Crippen LogP contribution in [0.1, 0.15) is 39.0 Å². The molecule has 2 heterocycles. The molecule has 0 radical (unpaired) electrons. The van der Waals surface area contributed by atoms with Gasteiger partial charge in [0.2, 0.25) is 0 Å². The van der Waals surface area contributed by atoms with Crippen molar-refractivity contribution in [2.75, 3.05) is 46.3 Å². The van der Waals surface area contributed by atoms with E-state index in [1.807, 2.05) is 0 Å². The molecule has 2 aliphatic rings. The first kappa shape index (κ1) is 23.2. The number of rotatable bonds is 6. The molecule has 2 fully saturated rings. The zero-order valence-electron chi connectivity index (χ0n) is 16.6. The number of aliphatic imine (C=N–C) groups is 1. The van der Waals surface area contributed by atoms with E-state index in [-0.39, 0.29) is 19.0 Å². The van der Waals surface area contributed by atoms with Gasteiger partial charge in [0.1, 0.15) is 0 Å². The fraction of sp³-hybridized carbons (Fsp3) is 0.941. The normalized spacial score (nSPS) is 24.3. The highest BCUT2D eigenvalue weighted by molar-refractivity contribution is 7.90. The van der Waals surface area contributed by atoms with Crippen LogP contribution in [0.2, 0.25) is 0 Å². The van der Waals surface area contributed by atoms with Crippen molar-refractivity contribution < 1.29 is 21.6 Å². The summed E-state index contributed by atoms with van der Waals surface area (Å²) in [6, 6.07) is 0.480. The Balaban J connectivity index is 1.74. The lowest BCUT2D eigenvalue weighted by molar-refractivity contribution is -0.0496. The highest BCUT2D eigenvalue weighted by Gasteiger charge is 2.50. The fourth-order valence-electron chi connectivity index (χ4n) is 3.88. The van der Waals surface area contributed by atoms with Crippen molar-refractivity contribution in [3.05, 3.63) is 0 Å². The van der Waals surface area contributed by atoms with Crippen LogP contribution in [0.3, 0.4) is 0 Å². The molecule has 0 amide bonds. The van der Waals surface area contributed by atoms with Gasteiger partial charge in [-0.2, -0.15) is 17.5 Å². The number of halogens is 3. The van der Waals surface area contributed by atoms with Gasteiger partial charge in [-0.3, -0.25) is 9.89 Å². The predicted octanol–water partition coefficient (Wildman–Crippen LogP) is 1.59. The fourth-order valence-corrected chi connectivity index (χ4v) is 4.87. The van der Waals surface area contributed by atoms with Gasteiger partial charge in [-0.05, 0) is 44.7 Å². The maximum Gasteiger partial charge on any atom is 0.511 e. The summed E-state index contributed by atoms with van der Waals surface area (Å²) < 4.78 is 61.4. The van der Waals surface area contributed by atoms with Gasteiger partial charge in [-0.15, -0.1) is 0 Å². The van der Waals surface area contributed by atoms with Crippen LogP contribution in [-0.2, 0) is 10.0 Å². The molecule has 0 spiro atoms. The molecule has 7 nitrogen and oxygen atoms in total. The van der Waals surface area contributed by atoms with Gasteiger partial charge in [-0.1, -0.05) is 13.3 Å². The van der Waals surface area contributed by atoms with Gasteiger partial charge in [0.15, 0.2) is 5.96 Å². The van der Waals surface area contributed by atoms with E-state index in [2.05, 4.69) is 27.4 Å². The molecule has 0 aromatic carbocycles. The van der Waals surface area contributed by atoms with Crippen LogP contribution in [0.25, 0.3) is 0 Å². The Hall–Kier alpha value is -1.07. The van der Waals surface area contributed by atoms with Crippen LogP contribution in [-0.4, -0.2) is 81.4 Å². The van der Waals surface area contributed by atoms with Crippen molar-refractivity contribution in [1.82, 2.24) is 19.8 Å². The lowest BCUT2D eigenvalue weighted by Gasteiger charge is -2.35. The summed E-state index contributed by atoms with van der Waals surface area (Å²) in [7, 11) is -3.53. The molecule has 0 aromatic heterocycles. The summed E-state index contributed by atoms with van der Waals surface area (Å²) in [6.07, 6.45) is 4.41. The largest absolute Gasteiger partial charge is 0.511 e. The van der Waals surface area contributed by atoms with E-state index in [0.717, 1.165) is 26.1 Å². The zero-order chi connectivity index (χ0) is 20.8. The SMILES string of the molecule is CCN1CCCCC1CNC(=NC)NCC1CCN(S(=O)(=O)C(F)(F)F)CC1. The third kappa shape index (κ3) is 5.96. The first-order valence-electron chi connectivity index (χ1n) is 9.94. The molecule has 11 heteroatoms. The molecule has 0 aromatic rings. The lowest BCUT2D eigenvalue weighted by Crippen LogP contribution is -2.50. The minimum Gasteiger partial charge on any atom is -0.356 e. The standard InChI is InChI=1S/C17H32F3N5O2S/c1-3-24-9-5-4-6-15(24)13-23-16(21-2)22-12-14-7-10-25(11-8-14)28(26,27)17(18,19)20/h14-15H,3-13H2,1-2H3,(H2,21,22,23). The maximum atomic E-state index is 12.6. The van der Waals surface area contributed by atoms with Crippen LogP contribution in [0.15, 0.2) is 4.99 Å². The predicted molar refractivity (Wildman–Crippen MR) is 104 cm³/mol. The molecular weight excluding hydrogens is 395 g/mol. The van der Waals surface area contributed by atoms with E-state index < -0.39 is 15.5 Å². The van der Waals surface area contributed by atoms with E-state index in [1.54, 1.807) is 7.05 Å². The van der Waals surface area contributed by atoms with Crippen LogP contribution < -0.4 is 10.6 Å². The van der Waals surface area contributed by atoms with E-state index in [0.29, 0.717) is 35.7 Å². The van der Waals surface area contributed by atoms with E-state index in [9.17, 15) is 21.6 Å². The molecular formula is C17H32F3N5O2S. The minimum atomic E-state index is -5.23. The van der Waals surface area contributed by atoms with Gasteiger partial charge in [-0.25, -0.2) is 8.42 Å². The third-order valence-corrected chi connectivity index (χ3v) is 7.28. The molecule has 0 saturated carbocycles. The lowest BCUT2D eigenvalue weighted by atomic mass is 9.98. The summed E-state index contributed by atoms with van der Waals surface area (Å²) in [4.78, 5) is 6.67. The highest BCUT2D eigenvalue weighted by atomic mass is 32.2. The molecule has 0 aliphatic carbocycles. The highest BCUT2D eigenvalue weighted by Crippen LogP contribution is 2.30. The van der Waals surface area contributed by atoms with Crippen molar-refractivity contribution in [2.45, 2.75) is 50.6 Å². The van der Waals surface area contributed by atoms with Gasteiger partial charge >= 0.3 is 15.5 Å². The zero-order valence-corrected chi connectivity index (χ0v) is 17.4. The van der Waals surface area contributed by atoms with E-state index in [4.69, 9.17) is 0 Å². The first-order valence-corrected chi connectivity index (χ1v) is 11.4. The Bertz CT molecular complexity index is 619. The Kier molecular flexibility index (Phi) is 8.38. The number of alkyl halides is 3. The Labute approximate surface area is 165 Å². The molecule has 1 unspecified atom stereocenters.